The van der Waals surface area contributed by atoms with Crippen LogP contribution in [-0.2, 0) is 13.5 Å². The zero-order valence-corrected chi connectivity index (χ0v) is 20.0. The number of para-hydroxylation sites is 1. The lowest BCUT2D eigenvalue weighted by Crippen LogP contribution is -2.41. The number of likely N-dealkylation sites (N-methyl/N-ethyl adjacent to an activating group) is 1. The molecule has 4 rings (SSSR count). The molecule has 0 aliphatic carbocycles. The highest BCUT2D eigenvalue weighted by Crippen LogP contribution is 2.23. The second kappa shape index (κ2) is 10.5. The molecule has 174 valence electrons. The van der Waals surface area contributed by atoms with E-state index in [-0.39, 0.29) is 23.0 Å². The van der Waals surface area contributed by atoms with Crippen molar-refractivity contribution in [1.29, 1.82) is 0 Å². The van der Waals surface area contributed by atoms with Gasteiger partial charge in [-0.1, -0.05) is 60.1 Å². The summed E-state index contributed by atoms with van der Waals surface area (Å²) in [4.78, 5) is 32.2. The molecule has 0 spiro atoms. The van der Waals surface area contributed by atoms with Crippen molar-refractivity contribution in [3.8, 4) is 0 Å². The summed E-state index contributed by atoms with van der Waals surface area (Å²) in [5, 5.41) is 4.03. The van der Waals surface area contributed by atoms with Crippen molar-refractivity contribution >= 4 is 34.3 Å². The average Bonchev–Trinajstić information content (AvgIpc) is 3.28. The van der Waals surface area contributed by atoms with Gasteiger partial charge >= 0.3 is 0 Å². The van der Waals surface area contributed by atoms with Gasteiger partial charge < -0.3 is 14.8 Å². The first-order valence-electron chi connectivity index (χ1n) is 11.2. The summed E-state index contributed by atoms with van der Waals surface area (Å²) in [6.07, 6.45) is 3.10. The van der Waals surface area contributed by atoms with Gasteiger partial charge in [0.1, 0.15) is 10.8 Å². The summed E-state index contributed by atoms with van der Waals surface area (Å²) in [6, 6.07) is 22.6. The monoisotopic (exact) mass is 474 g/mol. The first kappa shape index (κ1) is 23.5. The lowest BCUT2D eigenvalue weighted by molar-refractivity contribution is 0.0724. The van der Waals surface area contributed by atoms with Crippen LogP contribution in [-0.4, -0.2) is 45.9 Å². The second-order valence-corrected chi connectivity index (χ2v) is 8.71. The van der Waals surface area contributed by atoms with E-state index in [1.54, 1.807) is 28.6 Å². The van der Waals surface area contributed by atoms with E-state index in [4.69, 9.17) is 11.6 Å². The number of carbonyl (C=O) groups is 2. The minimum absolute atomic E-state index is 0.129. The Hall–Kier alpha value is -3.64. The zero-order valence-electron chi connectivity index (χ0n) is 19.2. The van der Waals surface area contributed by atoms with E-state index in [1.165, 1.54) is 0 Å². The van der Waals surface area contributed by atoms with Crippen LogP contribution in [0.5, 0.6) is 0 Å². The third-order valence-corrected chi connectivity index (χ3v) is 6.23. The summed E-state index contributed by atoms with van der Waals surface area (Å²) in [6.45, 7) is 0.441. The van der Waals surface area contributed by atoms with Gasteiger partial charge in [0.05, 0.1) is 11.1 Å². The number of rotatable bonds is 8. The first-order valence-corrected chi connectivity index (χ1v) is 11.6. The van der Waals surface area contributed by atoms with Crippen molar-refractivity contribution in [2.24, 2.45) is 7.05 Å². The molecule has 0 aliphatic heterocycles. The molecule has 0 fully saturated rings. The van der Waals surface area contributed by atoms with Gasteiger partial charge in [-0.15, -0.1) is 0 Å². The molecule has 2 heterocycles. The maximum atomic E-state index is 13.6. The average molecular weight is 475 g/mol. The topological polar surface area (TPSA) is 67.2 Å². The summed E-state index contributed by atoms with van der Waals surface area (Å²) in [5.74, 6) is -0.262. The van der Waals surface area contributed by atoms with Crippen LogP contribution in [0.3, 0.4) is 0 Å². The Kier molecular flexibility index (Phi) is 7.28. The van der Waals surface area contributed by atoms with Crippen molar-refractivity contribution in [3.63, 3.8) is 0 Å². The summed E-state index contributed by atoms with van der Waals surface area (Å²) >= 11 is 6.23. The van der Waals surface area contributed by atoms with E-state index in [0.29, 0.717) is 36.2 Å². The van der Waals surface area contributed by atoms with Gasteiger partial charge in [-0.2, -0.15) is 0 Å². The largest absolute Gasteiger partial charge is 0.351 e. The highest BCUT2D eigenvalue weighted by atomic mass is 35.5. The smallest absolute Gasteiger partial charge is 0.267 e. The van der Waals surface area contributed by atoms with E-state index in [9.17, 15) is 9.59 Å². The number of carbonyl (C=O) groups excluding carboxylic acids is 2. The van der Waals surface area contributed by atoms with Crippen molar-refractivity contribution in [3.05, 3.63) is 101 Å². The number of aryl methyl sites for hydroxylation is 1. The third-order valence-electron chi connectivity index (χ3n) is 6.04. The molecule has 0 aliphatic rings. The molecule has 0 bridgehead atoms. The van der Waals surface area contributed by atoms with Crippen LogP contribution in [0.2, 0.25) is 5.15 Å². The van der Waals surface area contributed by atoms with Gasteiger partial charge in [0.2, 0.25) is 0 Å². The molecule has 6 nitrogen and oxygen atoms in total. The van der Waals surface area contributed by atoms with Crippen molar-refractivity contribution in [1.82, 2.24) is 19.8 Å². The number of pyridine rings is 1. The maximum absolute atomic E-state index is 13.6. The lowest BCUT2D eigenvalue weighted by Gasteiger charge is -2.29. The molecule has 2 aromatic heterocycles. The summed E-state index contributed by atoms with van der Waals surface area (Å²) < 4.78 is 1.78. The molecule has 0 saturated carbocycles. The molecule has 0 saturated heterocycles. The van der Waals surface area contributed by atoms with Crippen molar-refractivity contribution in [2.45, 2.75) is 18.9 Å². The molecular weight excluding hydrogens is 448 g/mol. The fraction of sp³-hybridized carbons (Fsp3) is 0.222. The minimum Gasteiger partial charge on any atom is -0.351 e. The van der Waals surface area contributed by atoms with Gasteiger partial charge in [-0.25, -0.2) is 4.98 Å². The van der Waals surface area contributed by atoms with Gasteiger partial charge in [0.15, 0.2) is 0 Å². The Morgan fingerprint density at radius 3 is 2.53 bits per heavy atom. The SMILES string of the molecule is CN(C(=O)c1cc(Cl)nc2ccccc12)C(CCNC(=O)c1cccn1C)Cc1ccccc1. The maximum Gasteiger partial charge on any atom is 0.267 e. The van der Waals surface area contributed by atoms with E-state index in [1.807, 2.05) is 73.9 Å². The molecule has 1 atom stereocenters. The van der Waals surface area contributed by atoms with Gasteiger partial charge in [-0.05, 0) is 42.7 Å². The molecular formula is C27H27ClN4O2. The first-order chi connectivity index (χ1) is 16.4. The van der Waals surface area contributed by atoms with Gasteiger partial charge in [0, 0.05) is 38.3 Å². The molecule has 34 heavy (non-hydrogen) atoms. The predicted octanol–water partition coefficient (Wildman–Crippen LogP) is 4.73. The van der Waals surface area contributed by atoms with E-state index >= 15 is 0 Å². The van der Waals surface area contributed by atoms with Crippen LogP contribution < -0.4 is 5.32 Å². The number of hydrogen-bond donors (Lipinski definition) is 1. The Labute approximate surface area is 204 Å². The molecule has 4 aromatic rings. The van der Waals surface area contributed by atoms with Crippen molar-refractivity contribution in [2.75, 3.05) is 13.6 Å². The predicted molar refractivity (Wildman–Crippen MR) is 135 cm³/mol. The van der Waals surface area contributed by atoms with Gasteiger partial charge in [0.25, 0.3) is 11.8 Å². The quantitative estimate of drug-likeness (QED) is 0.375. The Morgan fingerprint density at radius 2 is 1.79 bits per heavy atom. The fourth-order valence-electron chi connectivity index (χ4n) is 4.13. The molecule has 0 radical (unpaired) electrons. The standard InChI is InChI=1S/C27H27ClN4O2/c1-31-16-8-13-24(31)26(33)29-15-14-20(17-19-9-4-3-5-10-19)32(2)27(34)22-18-25(28)30-23-12-7-6-11-21(22)23/h3-13,16,18,20H,14-15,17H2,1-2H3,(H,29,33). The van der Waals surface area contributed by atoms with Crippen LogP contribution in [0.4, 0.5) is 0 Å². The van der Waals surface area contributed by atoms with Crippen LogP contribution in [0, 0.1) is 0 Å². The van der Waals surface area contributed by atoms with E-state index in [0.717, 1.165) is 10.9 Å². The number of hydrogen-bond acceptors (Lipinski definition) is 3. The zero-order chi connectivity index (χ0) is 24.1. The van der Waals surface area contributed by atoms with Crippen molar-refractivity contribution < 1.29 is 9.59 Å². The fourth-order valence-corrected chi connectivity index (χ4v) is 4.33. The number of aromatic nitrogens is 2. The molecule has 2 aromatic carbocycles. The number of fused-ring (bicyclic) bond motifs is 1. The number of benzene rings is 2. The highest BCUT2D eigenvalue weighted by Gasteiger charge is 2.24. The summed E-state index contributed by atoms with van der Waals surface area (Å²) in [5.41, 5.74) is 2.92. The number of amides is 2. The Morgan fingerprint density at radius 1 is 1.06 bits per heavy atom. The normalized spacial score (nSPS) is 11.9. The van der Waals surface area contributed by atoms with Crippen LogP contribution in [0.15, 0.2) is 79.0 Å². The minimum atomic E-state index is -0.133. The Bertz CT molecular complexity index is 1300. The Balaban J connectivity index is 1.55. The molecule has 1 N–H and O–H groups in total. The summed E-state index contributed by atoms with van der Waals surface area (Å²) in [7, 11) is 3.64. The number of nitrogens with zero attached hydrogens (tertiary/aromatic N) is 3. The highest BCUT2D eigenvalue weighted by molar-refractivity contribution is 6.30. The molecule has 1 unspecified atom stereocenters. The van der Waals surface area contributed by atoms with Crippen LogP contribution >= 0.6 is 11.6 Å². The molecule has 7 heteroatoms. The van der Waals surface area contributed by atoms with E-state index in [2.05, 4.69) is 10.3 Å². The molecule has 2 amide bonds. The second-order valence-electron chi connectivity index (χ2n) is 8.32. The van der Waals surface area contributed by atoms with Crippen LogP contribution in [0.1, 0.15) is 32.8 Å². The van der Waals surface area contributed by atoms with Crippen LogP contribution in [0.25, 0.3) is 10.9 Å². The number of halogens is 1. The van der Waals surface area contributed by atoms with Gasteiger partial charge in [-0.3, -0.25) is 9.59 Å². The van der Waals surface area contributed by atoms with E-state index < -0.39 is 0 Å². The third kappa shape index (κ3) is 5.29. The lowest BCUT2D eigenvalue weighted by atomic mass is 10.0. The number of nitrogens with one attached hydrogen (secondary N) is 1.